The average molecular weight is 514 g/mol. The number of hydrogen-bond acceptors (Lipinski definition) is 4. The third kappa shape index (κ3) is 6.35. The summed E-state index contributed by atoms with van der Waals surface area (Å²) in [5.74, 6) is -2.82. The van der Waals surface area contributed by atoms with Crippen LogP contribution in [0.2, 0.25) is 0 Å². The predicted molar refractivity (Wildman–Crippen MR) is 130 cm³/mol. The fraction of sp³-hybridized carbons (Fsp3) is 0.308. The van der Waals surface area contributed by atoms with Gasteiger partial charge in [-0.1, -0.05) is 18.9 Å². The number of pyridine rings is 2. The zero-order chi connectivity index (χ0) is 26.4. The van der Waals surface area contributed by atoms with Crippen LogP contribution in [0.3, 0.4) is 0 Å². The SMILES string of the molecule is O=C(NCCc1ccncc1)c1cc(-c2ccn(C3CCCC3)n2)n2ccccc12.O=C(O)C(F)(F)F. The molecule has 2 N–H and O–H groups in total. The zero-order valence-electron chi connectivity index (χ0n) is 19.9. The summed E-state index contributed by atoms with van der Waals surface area (Å²) in [5.41, 5.74) is 4.57. The van der Waals surface area contributed by atoms with Gasteiger partial charge in [0.1, 0.15) is 5.69 Å². The van der Waals surface area contributed by atoms with E-state index in [9.17, 15) is 18.0 Å². The van der Waals surface area contributed by atoms with Crippen LogP contribution >= 0.6 is 0 Å². The second-order valence-corrected chi connectivity index (χ2v) is 8.68. The molecule has 194 valence electrons. The molecule has 1 aliphatic carbocycles. The number of aromatic nitrogens is 4. The number of hydrogen-bond donors (Lipinski definition) is 2. The van der Waals surface area contributed by atoms with Gasteiger partial charge in [0.05, 0.1) is 22.8 Å². The molecule has 1 amide bonds. The Labute approximate surface area is 210 Å². The lowest BCUT2D eigenvalue weighted by Crippen LogP contribution is -2.25. The minimum Gasteiger partial charge on any atom is -0.475 e. The number of carbonyl (C=O) groups is 2. The largest absolute Gasteiger partial charge is 0.490 e. The Morgan fingerprint density at radius 2 is 1.76 bits per heavy atom. The van der Waals surface area contributed by atoms with E-state index < -0.39 is 12.1 Å². The summed E-state index contributed by atoms with van der Waals surface area (Å²) >= 11 is 0. The Kier molecular flexibility index (Phi) is 7.90. The quantitative estimate of drug-likeness (QED) is 0.381. The highest BCUT2D eigenvalue weighted by Crippen LogP contribution is 2.31. The zero-order valence-corrected chi connectivity index (χ0v) is 19.9. The van der Waals surface area contributed by atoms with Gasteiger partial charge >= 0.3 is 12.1 Å². The highest BCUT2D eigenvalue weighted by atomic mass is 19.4. The third-order valence-electron chi connectivity index (χ3n) is 6.18. The Morgan fingerprint density at radius 3 is 2.43 bits per heavy atom. The fourth-order valence-electron chi connectivity index (χ4n) is 4.34. The molecule has 37 heavy (non-hydrogen) atoms. The van der Waals surface area contributed by atoms with Crippen molar-refractivity contribution in [1.82, 2.24) is 24.5 Å². The lowest BCUT2D eigenvalue weighted by Gasteiger charge is -2.08. The molecular formula is C26H26F3N5O3. The van der Waals surface area contributed by atoms with Crippen molar-refractivity contribution in [1.29, 1.82) is 0 Å². The van der Waals surface area contributed by atoms with Crippen LogP contribution in [0, 0.1) is 0 Å². The van der Waals surface area contributed by atoms with E-state index in [0.29, 0.717) is 18.2 Å². The van der Waals surface area contributed by atoms with Gasteiger partial charge in [-0.3, -0.25) is 14.5 Å². The highest BCUT2D eigenvalue weighted by Gasteiger charge is 2.38. The first-order valence-electron chi connectivity index (χ1n) is 11.9. The van der Waals surface area contributed by atoms with E-state index in [1.807, 2.05) is 42.6 Å². The van der Waals surface area contributed by atoms with Gasteiger partial charge in [0, 0.05) is 31.3 Å². The van der Waals surface area contributed by atoms with Crippen molar-refractivity contribution in [2.75, 3.05) is 6.54 Å². The molecule has 0 unspecified atom stereocenters. The number of aliphatic carboxylic acids is 1. The van der Waals surface area contributed by atoms with Crippen molar-refractivity contribution < 1.29 is 27.9 Å². The molecule has 0 atom stereocenters. The Hall–Kier alpha value is -4.15. The van der Waals surface area contributed by atoms with Crippen molar-refractivity contribution >= 4 is 17.4 Å². The number of nitrogens with one attached hydrogen (secondary N) is 1. The van der Waals surface area contributed by atoms with Crippen LogP contribution in [0.5, 0.6) is 0 Å². The van der Waals surface area contributed by atoms with Crippen molar-refractivity contribution in [3.63, 3.8) is 0 Å². The maximum atomic E-state index is 12.9. The second-order valence-electron chi connectivity index (χ2n) is 8.68. The van der Waals surface area contributed by atoms with Gasteiger partial charge < -0.3 is 14.8 Å². The predicted octanol–water partition coefficient (Wildman–Crippen LogP) is 4.92. The summed E-state index contributed by atoms with van der Waals surface area (Å²) in [6.45, 7) is 0.582. The number of carbonyl (C=O) groups excluding carboxylic acids is 1. The maximum absolute atomic E-state index is 12.9. The van der Waals surface area contributed by atoms with Gasteiger partial charge in [0.25, 0.3) is 5.91 Å². The maximum Gasteiger partial charge on any atom is 0.490 e. The molecule has 8 nitrogen and oxygen atoms in total. The lowest BCUT2D eigenvalue weighted by atomic mass is 10.2. The number of nitrogens with zero attached hydrogens (tertiary/aromatic N) is 4. The molecule has 0 spiro atoms. The van der Waals surface area contributed by atoms with Crippen LogP contribution in [-0.4, -0.2) is 48.9 Å². The molecular weight excluding hydrogens is 487 g/mol. The van der Waals surface area contributed by atoms with E-state index in [2.05, 4.69) is 31.6 Å². The summed E-state index contributed by atoms with van der Waals surface area (Å²) in [6.07, 6.45) is 8.25. The van der Waals surface area contributed by atoms with Gasteiger partial charge in [-0.05, 0) is 61.2 Å². The molecule has 1 aliphatic rings. The Balaban J connectivity index is 0.000000405. The summed E-state index contributed by atoms with van der Waals surface area (Å²) < 4.78 is 35.9. The van der Waals surface area contributed by atoms with Crippen molar-refractivity contribution in [3.05, 3.63) is 78.4 Å². The molecule has 1 saturated carbocycles. The molecule has 5 rings (SSSR count). The van der Waals surface area contributed by atoms with Gasteiger partial charge in [0.2, 0.25) is 0 Å². The van der Waals surface area contributed by atoms with Gasteiger partial charge in [-0.25, -0.2) is 4.79 Å². The molecule has 0 aromatic carbocycles. The van der Waals surface area contributed by atoms with Crippen LogP contribution in [0.4, 0.5) is 13.2 Å². The number of fused-ring (bicyclic) bond motifs is 1. The summed E-state index contributed by atoms with van der Waals surface area (Å²) in [5, 5.41) is 15.0. The van der Waals surface area contributed by atoms with Crippen LogP contribution in [0.25, 0.3) is 16.9 Å². The molecule has 11 heteroatoms. The monoisotopic (exact) mass is 513 g/mol. The first kappa shape index (κ1) is 25.9. The van der Waals surface area contributed by atoms with E-state index in [1.54, 1.807) is 12.4 Å². The van der Waals surface area contributed by atoms with Gasteiger partial charge in [-0.2, -0.15) is 18.3 Å². The van der Waals surface area contributed by atoms with Gasteiger partial charge in [-0.15, -0.1) is 0 Å². The number of carboxylic acids is 1. The molecule has 4 aromatic heterocycles. The highest BCUT2D eigenvalue weighted by molar-refractivity contribution is 6.02. The molecule has 0 radical (unpaired) electrons. The fourth-order valence-corrected chi connectivity index (χ4v) is 4.34. The second kappa shape index (κ2) is 11.3. The molecule has 4 heterocycles. The van der Waals surface area contributed by atoms with Crippen LogP contribution in [0.1, 0.15) is 47.6 Å². The summed E-state index contributed by atoms with van der Waals surface area (Å²) in [4.78, 5) is 25.9. The normalized spacial score (nSPS) is 13.8. The molecule has 1 fully saturated rings. The van der Waals surface area contributed by atoms with Crippen molar-refractivity contribution in [3.8, 4) is 11.4 Å². The number of alkyl halides is 3. The molecule has 4 aromatic rings. The summed E-state index contributed by atoms with van der Waals surface area (Å²) in [6, 6.07) is 14.4. The minimum absolute atomic E-state index is 0.0609. The van der Waals surface area contributed by atoms with Crippen LogP contribution in [-0.2, 0) is 11.2 Å². The van der Waals surface area contributed by atoms with E-state index in [4.69, 9.17) is 15.0 Å². The lowest BCUT2D eigenvalue weighted by molar-refractivity contribution is -0.192. The van der Waals surface area contributed by atoms with Crippen molar-refractivity contribution in [2.45, 2.75) is 44.3 Å². The average Bonchev–Trinajstić information content (AvgIpc) is 3.64. The molecule has 0 saturated heterocycles. The first-order valence-corrected chi connectivity index (χ1v) is 11.9. The topological polar surface area (TPSA) is 102 Å². The van der Waals surface area contributed by atoms with E-state index in [1.165, 1.54) is 25.7 Å². The minimum atomic E-state index is -5.08. The Morgan fingerprint density at radius 1 is 1.05 bits per heavy atom. The standard InChI is InChI=1S/C24H25N5O.C2HF3O2/c30-24(26-14-10-18-8-12-25-13-9-18)20-17-23(28-15-4-3-7-22(20)28)21-11-16-29(27-21)19-5-1-2-6-19;3-2(4,5)1(6)7/h3-4,7-9,11-13,15-17,19H,1-2,5-6,10,14H2,(H,26,30);(H,6,7). The van der Waals surface area contributed by atoms with Crippen molar-refractivity contribution in [2.24, 2.45) is 0 Å². The van der Waals surface area contributed by atoms with Gasteiger partial charge in [0.15, 0.2) is 0 Å². The molecule has 0 bridgehead atoms. The van der Waals surface area contributed by atoms with E-state index >= 15 is 0 Å². The number of carboxylic acid groups (broad SMARTS) is 1. The summed E-state index contributed by atoms with van der Waals surface area (Å²) in [7, 11) is 0. The third-order valence-corrected chi connectivity index (χ3v) is 6.18. The number of rotatable bonds is 6. The van der Waals surface area contributed by atoms with Crippen LogP contribution in [0.15, 0.2) is 67.3 Å². The van der Waals surface area contributed by atoms with Crippen LogP contribution < -0.4 is 5.32 Å². The molecule has 0 aliphatic heterocycles. The smallest absolute Gasteiger partial charge is 0.475 e. The van der Waals surface area contributed by atoms with E-state index in [0.717, 1.165) is 28.9 Å². The van der Waals surface area contributed by atoms with E-state index in [-0.39, 0.29) is 5.91 Å². The number of halogens is 3. The Bertz CT molecular complexity index is 1360. The number of amides is 1. The first-order chi connectivity index (χ1) is 17.7.